The van der Waals surface area contributed by atoms with E-state index in [1.54, 1.807) is 12.1 Å². The normalized spacial score (nSPS) is 25.1. The minimum atomic E-state index is -0.229. The average Bonchev–Trinajstić information content (AvgIpc) is 2.78. The molecule has 0 amide bonds. The lowest BCUT2D eigenvalue weighted by Gasteiger charge is -2.26. The van der Waals surface area contributed by atoms with Gasteiger partial charge in [0.25, 0.3) is 0 Å². The van der Waals surface area contributed by atoms with Crippen molar-refractivity contribution in [2.24, 2.45) is 5.92 Å². The van der Waals surface area contributed by atoms with E-state index in [0.29, 0.717) is 17.2 Å². The summed E-state index contributed by atoms with van der Waals surface area (Å²) in [6.07, 6.45) is 1.11. The predicted octanol–water partition coefficient (Wildman–Crippen LogP) is 2.52. The zero-order chi connectivity index (χ0) is 13.1. The van der Waals surface area contributed by atoms with Gasteiger partial charge in [0.05, 0.1) is 13.2 Å². The lowest BCUT2D eigenvalue weighted by atomic mass is 9.88. The first-order chi connectivity index (χ1) is 8.67. The van der Waals surface area contributed by atoms with E-state index in [1.807, 2.05) is 14.0 Å². The number of methoxy groups -OCH3 is 1. The van der Waals surface area contributed by atoms with Crippen LogP contribution in [0, 0.1) is 11.7 Å². The second-order valence-electron chi connectivity index (χ2n) is 4.68. The molecular formula is C14H20FNO2. The summed E-state index contributed by atoms with van der Waals surface area (Å²) >= 11 is 0. The maximum Gasteiger partial charge on any atom is 0.131 e. The van der Waals surface area contributed by atoms with E-state index >= 15 is 0 Å². The molecule has 100 valence electrons. The van der Waals surface area contributed by atoms with Gasteiger partial charge in [0.2, 0.25) is 0 Å². The third-order valence-electron chi connectivity index (χ3n) is 3.72. The van der Waals surface area contributed by atoms with Gasteiger partial charge < -0.3 is 14.8 Å². The molecule has 2 rings (SSSR count). The quantitative estimate of drug-likeness (QED) is 0.894. The van der Waals surface area contributed by atoms with E-state index in [0.717, 1.165) is 13.0 Å². The number of halogens is 1. The molecule has 1 aliphatic heterocycles. The molecule has 0 saturated carbocycles. The van der Waals surface area contributed by atoms with Crippen LogP contribution >= 0.6 is 0 Å². The topological polar surface area (TPSA) is 30.5 Å². The molecular weight excluding hydrogens is 233 g/mol. The van der Waals surface area contributed by atoms with Crippen LogP contribution in [0.3, 0.4) is 0 Å². The molecule has 1 aromatic carbocycles. The van der Waals surface area contributed by atoms with Crippen LogP contribution in [-0.4, -0.2) is 26.9 Å². The zero-order valence-electron chi connectivity index (χ0n) is 11.1. The van der Waals surface area contributed by atoms with E-state index in [1.165, 1.54) is 13.2 Å². The number of hydrogen-bond acceptors (Lipinski definition) is 3. The fourth-order valence-electron chi connectivity index (χ4n) is 2.67. The average molecular weight is 253 g/mol. The third kappa shape index (κ3) is 2.49. The van der Waals surface area contributed by atoms with E-state index in [4.69, 9.17) is 9.47 Å². The van der Waals surface area contributed by atoms with E-state index < -0.39 is 0 Å². The Hall–Kier alpha value is -1.13. The van der Waals surface area contributed by atoms with Crippen LogP contribution in [-0.2, 0) is 4.74 Å². The summed E-state index contributed by atoms with van der Waals surface area (Å²) in [6.45, 7) is 2.80. The van der Waals surface area contributed by atoms with Crippen molar-refractivity contribution in [3.63, 3.8) is 0 Å². The molecule has 18 heavy (non-hydrogen) atoms. The standard InChI is InChI=1S/C14H20FNO2/c1-9-11(6-7-18-9)14(16-2)12-5-4-10(17-3)8-13(12)15/h4-5,8-9,11,14,16H,6-7H2,1-3H3. The summed E-state index contributed by atoms with van der Waals surface area (Å²) in [5.41, 5.74) is 0.681. The Balaban J connectivity index is 2.27. The Morgan fingerprint density at radius 1 is 1.50 bits per heavy atom. The number of nitrogens with one attached hydrogen (secondary N) is 1. The summed E-state index contributed by atoms with van der Waals surface area (Å²) in [5, 5.41) is 3.21. The van der Waals surface area contributed by atoms with Crippen LogP contribution in [0.4, 0.5) is 4.39 Å². The van der Waals surface area contributed by atoms with Crippen LogP contribution in [0.1, 0.15) is 24.9 Å². The first kappa shape index (κ1) is 13.3. The number of benzene rings is 1. The third-order valence-corrected chi connectivity index (χ3v) is 3.72. The maximum atomic E-state index is 14.1. The highest BCUT2D eigenvalue weighted by atomic mass is 19.1. The maximum absolute atomic E-state index is 14.1. The van der Waals surface area contributed by atoms with Crippen LogP contribution in [0.5, 0.6) is 5.75 Å². The fourth-order valence-corrected chi connectivity index (χ4v) is 2.67. The van der Waals surface area contributed by atoms with Gasteiger partial charge in [-0.05, 0) is 26.5 Å². The molecule has 1 aromatic rings. The van der Waals surface area contributed by atoms with Crippen molar-refractivity contribution in [3.05, 3.63) is 29.6 Å². The first-order valence-electron chi connectivity index (χ1n) is 6.29. The zero-order valence-corrected chi connectivity index (χ0v) is 11.1. The Morgan fingerprint density at radius 3 is 2.78 bits per heavy atom. The second kappa shape index (κ2) is 5.67. The minimum Gasteiger partial charge on any atom is -0.497 e. The van der Waals surface area contributed by atoms with Gasteiger partial charge in [-0.1, -0.05) is 6.07 Å². The van der Waals surface area contributed by atoms with E-state index in [9.17, 15) is 4.39 Å². The number of ether oxygens (including phenoxy) is 2. The largest absolute Gasteiger partial charge is 0.497 e. The van der Waals surface area contributed by atoms with Gasteiger partial charge in [0.1, 0.15) is 11.6 Å². The predicted molar refractivity (Wildman–Crippen MR) is 68.3 cm³/mol. The molecule has 1 aliphatic rings. The van der Waals surface area contributed by atoms with Gasteiger partial charge >= 0.3 is 0 Å². The Kier molecular flexibility index (Phi) is 4.19. The van der Waals surface area contributed by atoms with Gasteiger partial charge in [0, 0.05) is 30.2 Å². The smallest absolute Gasteiger partial charge is 0.131 e. The first-order valence-corrected chi connectivity index (χ1v) is 6.29. The van der Waals surface area contributed by atoms with Crippen molar-refractivity contribution in [2.75, 3.05) is 20.8 Å². The number of rotatable bonds is 4. The molecule has 3 atom stereocenters. The van der Waals surface area contributed by atoms with E-state index in [2.05, 4.69) is 5.32 Å². The van der Waals surface area contributed by atoms with Crippen molar-refractivity contribution in [1.82, 2.24) is 5.32 Å². The molecule has 1 fully saturated rings. The highest BCUT2D eigenvalue weighted by molar-refractivity contribution is 5.31. The summed E-state index contributed by atoms with van der Waals surface area (Å²) < 4.78 is 24.7. The van der Waals surface area contributed by atoms with Crippen LogP contribution in [0.15, 0.2) is 18.2 Å². The van der Waals surface area contributed by atoms with Gasteiger partial charge in [-0.3, -0.25) is 0 Å². The Labute approximate surface area is 107 Å². The highest BCUT2D eigenvalue weighted by Crippen LogP contribution is 2.34. The molecule has 0 radical (unpaired) electrons. The summed E-state index contributed by atoms with van der Waals surface area (Å²) in [5.74, 6) is 0.618. The molecule has 0 bridgehead atoms. The second-order valence-corrected chi connectivity index (χ2v) is 4.68. The summed E-state index contributed by atoms with van der Waals surface area (Å²) in [4.78, 5) is 0. The molecule has 3 nitrogen and oxygen atoms in total. The van der Waals surface area contributed by atoms with Gasteiger partial charge in [0.15, 0.2) is 0 Å². The van der Waals surface area contributed by atoms with E-state index in [-0.39, 0.29) is 18.0 Å². The van der Waals surface area contributed by atoms with Gasteiger partial charge in [-0.25, -0.2) is 4.39 Å². The van der Waals surface area contributed by atoms with Crippen molar-refractivity contribution in [3.8, 4) is 5.75 Å². The molecule has 1 heterocycles. The molecule has 3 unspecified atom stereocenters. The van der Waals surface area contributed by atoms with Crippen molar-refractivity contribution >= 4 is 0 Å². The summed E-state index contributed by atoms with van der Waals surface area (Å²) in [6, 6.07) is 5.00. The molecule has 4 heteroatoms. The fraction of sp³-hybridized carbons (Fsp3) is 0.571. The van der Waals surface area contributed by atoms with Crippen molar-refractivity contribution < 1.29 is 13.9 Å². The Bertz CT molecular complexity index is 411. The SMILES string of the molecule is CNC(c1ccc(OC)cc1F)C1CCOC1C. The van der Waals surface area contributed by atoms with Gasteiger partial charge in [-0.15, -0.1) is 0 Å². The lowest BCUT2D eigenvalue weighted by molar-refractivity contribution is 0.0959. The number of hydrogen-bond donors (Lipinski definition) is 1. The van der Waals surface area contributed by atoms with Crippen molar-refractivity contribution in [2.45, 2.75) is 25.5 Å². The lowest BCUT2D eigenvalue weighted by Crippen LogP contribution is -2.30. The van der Waals surface area contributed by atoms with Gasteiger partial charge in [-0.2, -0.15) is 0 Å². The minimum absolute atomic E-state index is 0.0200. The molecule has 0 aliphatic carbocycles. The van der Waals surface area contributed by atoms with Crippen LogP contribution < -0.4 is 10.1 Å². The highest BCUT2D eigenvalue weighted by Gasteiger charge is 2.33. The van der Waals surface area contributed by atoms with Crippen LogP contribution in [0.25, 0.3) is 0 Å². The van der Waals surface area contributed by atoms with Crippen LogP contribution in [0.2, 0.25) is 0 Å². The summed E-state index contributed by atoms with van der Waals surface area (Å²) in [7, 11) is 3.40. The monoisotopic (exact) mass is 253 g/mol. The van der Waals surface area contributed by atoms with Crippen molar-refractivity contribution in [1.29, 1.82) is 0 Å². The molecule has 0 spiro atoms. The molecule has 1 saturated heterocycles. The molecule has 1 N–H and O–H groups in total. The Morgan fingerprint density at radius 2 is 2.28 bits per heavy atom. The molecule has 0 aromatic heterocycles.